The molecule has 0 aromatic heterocycles. The van der Waals surface area contributed by atoms with Crippen LogP contribution in [0.15, 0.2) is 0 Å². The highest BCUT2D eigenvalue weighted by molar-refractivity contribution is 5.77. The smallest absolute Gasteiger partial charge is 0.217 e. The highest BCUT2D eigenvalue weighted by Gasteiger charge is 2.53. The number of aldehydes is 1. The summed E-state index contributed by atoms with van der Waals surface area (Å²) in [6.07, 6.45) is -31.4. The van der Waals surface area contributed by atoms with Gasteiger partial charge < -0.3 is 94.7 Å². The molecule has 20 heteroatoms. The maximum Gasteiger partial charge on any atom is 0.217 e. The van der Waals surface area contributed by atoms with Gasteiger partial charge >= 0.3 is 0 Å². The predicted molar refractivity (Wildman–Crippen MR) is 144 cm³/mol. The zero-order valence-electron chi connectivity index (χ0n) is 25.1. The van der Waals surface area contributed by atoms with E-state index >= 15 is 0 Å². The normalized spacial score (nSPS) is 44.5. The van der Waals surface area contributed by atoms with Crippen molar-refractivity contribution in [3.63, 3.8) is 0 Å². The Morgan fingerprint density at radius 3 is 1.76 bits per heavy atom. The molecule has 3 fully saturated rings. The Bertz CT molecular complexity index is 979. The second-order valence-corrected chi connectivity index (χ2v) is 11.5. The summed E-state index contributed by atoms with van der Waals surface area (Å²) in [5.41, 5.74) is 0. The van der Waals surface area contributed by atoms with E-state index in [9.17, 15) is 65.8 Å². The predicted octanol–water partition coefficient (Wildman–Crippen LogP) is -7.71. The first-order valence-corrected chi connectivity index (χ1v) is 14.6. The van der Waals surface area contributed by atoms with Crippen LogP contribution in [0.2, 0.25) is 0 Å². The lowest BCUT2D eigenvalue weighted by molar-refractivity contribution is -0.379. The van der Waals surface area contributed by atoms with Gasteiger partial charge in [0.05, 0.1) is 25.4 Å². The van der Waals surface area contributed by atoms with Gasteiger partial charge in [0.15, 0.2) is 18.9 Å². The zero-order chi connectivity index (χ0) is 34.6. The van der Waals surface area contributed by atoms with Crippen molar-refractivity contribution in [2.75, 3.05) is 13.2 Å². The van der Waals surface area contributed by atoms with Crippen LogP contribution in [0.5, 0.6) is 0 Å². The monoisotopic (exact) mass is 675 g/mol. The van der Waals surface area contributed by atoms with E-state index in [1.54, 1.807) is 0 Å². The number of aliphatic hydroxyl groups is 11. The fraction of sp³-hybridized carbons (Fsp3) is 0.923. The molecule has 20 nitrogen and oxygen atoms in total. The largest absolute Gasteiger partial charge is 0.394 e. The zero-order valence-corrected chi connectivity index (χ0v) is 25.1. The highest BCUT2D eigenvalue weighted by Crippen LogP contribution is 2.32. The van der Waals surface area contributed by atoms with Crippen molar-refractivity contribution in [1.82, 2.24) is 5.32 Å². The van der Waals surface area contributed by atoms with E-state index in [-0.39, 0.29) is 6.29 Å². The SMILES string of the molecule is CC(=O)N[C@@H](C=O)[C@@H](O[C@@H]1O[C@@H](C)[C@@H](O)[C@@H](O)[C@@H]1O)[C@H](O[C@@H]1O[C@H](CO)[C@H](O)[C@H](O)[C@H]1O[C@@H]1O[C@@H](C)[C@@H](O)[C@@H](O)[C@@H]1O)[C@H](O)CO. The standard InChI is InChI=1S/C26H45NO19/c1-7-13(33)16(36)19(39)24(41-7)44-21(10(4-28)27-9(3)31)22(11(32)5-29)45-26-23(18(38)15(35)12(6-30)43-26)46-25-20(40)17(37)14(34)8(2)42-25/h4,7-8,10-26,29-30,32-40H,5-6H2,1-3H3,(H,27,31)/t7-,8-,10-,11+,12+,13+,14+,15-,16+,17+,18-,19-,20-,21+,22+,23+,24-,25-,26-/m0/s1. The third-order valence-electron chi connectivity index (χ3n) is 8.08. The van der Waals surface area contributed by atoms with Crippen LogP contribution >= 0.6 is 0 Å². The molecule has 268 valence electrons. The maximum atomic E-state index is 12.2. The second kappa shape index (κ2) is 16.7. The molecule has 3 heterocycles. The van der Waals surface area contributed by atoms with Crippen LogP contribution in [0.25, 0.3) is 0 Å². The van der Waals surface area contributed by atoms with Crippen molar-refractivity contribution >= 4 is 12.2 Å². The fourth-order valence-corrected chi connectivity index (χ4v) is 5.31. The average Bonchev–Trinajstić information content (AvgIpc) is 3.02. The van der Waals surface area contributed by atoms with Gasteiger partial charge in [0.1, 0.15) is 91.7 Å². The van der Waals surface area contributed by atoms with Crippen LogP contribution in [-0.4, -0.2) is 198 Å². The first-order valence-electron chi connectivity index (χ1n) is 14.6. The molecule has 0 spiro atoms. The first-order chi connectivity index (χ1) is 21.6. The Labute approximate surface area is 262 Å². The minimum Gasteiger partial charge on any atom is -0.394 e. The Kier molecular flexibility index (Phi) is 14.1. The molecule has 3 saturated heterocycles. The molecule has 3 aliphatic rings. The third kappa shape index (κ3) is 8.54. The van der Waals surface area contributed by atoms with Crippen LogP contribution in [0.4, 0.5) is 0 Å². The average molecular weight is 676 g/mol. The van der Waals surface area contributed by atoms with E-state index in [1.807, 2.05) is 0 Å². The van der Waals surface area contributed by atoms with Gasteiger partial charge in [0.25, 0.3) is 0 Å². The lowest BCUT2D eigenvalue weighted by Gasteiger charge is -2.47. The molecule has 0 aliphatic carbocycles. The molecule has 3 aliphatic heterocycles. The molecule has 12 N–H and O–H groups in total. The van der Waals surface area contributed by atoms with Gasteiger partial charge in [-0.2, -0.15) is 0 Å². The lowest BCUT2D eigenvalue weighted by Crippen LogP contribution is -2.66. The van der Waals surface area contributed by atoms with Gasteiger partial charge in [-0.25, -0.2) is 0 Å². The van der Waals surface area contributed by atoms with E-state index in [2.05, 4.69) is 5.32 Å². The van der Waals surface area contributed by atoms with E-state index in [4.69, 9.17) is 28.4 Å². The summed E-state index contributed by atoms with van der Waals surface area (Å²) in [6.45, 7) is 1.70. The van der Waals surface area contributed by atoms with Crippen molar-refractivity contribution in [3.8, 4) is 0 Å². The molecule has 19 atom stereocenters. The quantitative estimate of drug-likeness (QED) is 0.0806. The van der Waals surface area contributed by atoms with E-state index in [0.717, 1.165) is 6.92 Å². The molecular formula is C26H45NO19. The summed E-state index contributed by atoms with van der Waals surface area (Å²) in [4.78, 5) is 24.2. The van der Waals surface area contributed by atoms with Gasteiger partial charge in [-0.1, -0.05) is 0 Å². The summed E-state index contributed by atoms with van der Waals surface area (Å²) in [6, 6.07) is -1.73. The van der Waals surface area contributed by atoms with Gasteiger partial charge in [-0.05, 0) is 13.8 Å². The fourth-order valence-electron chi connectivity index (χ4n) is 5.31. The van der Waals surface area contributed by atoms with Gasteiger partial charge in [-0.3, -0.25) is 4.79 Å². The van der Waals surface area contributed by atoms with Crippen LogP contribution in [0, 0.1) is 0 Å². The van der Waals surface area contributed by atoms with Crippen molar-refractivity contribution in [2.45, 2.75) is 137 Å². The number of nitrogens with one attached hydrogen (secondary N) is 1. The first kappa shape index (κ1) is 38.9. The molecule has 0 radical (unpaired) electrons. The number of aliphatic hydroxyl groups excluding tert-OH is 11. The highest BCUT2D eigenvalue weighted by atomic mass is 16.8. The number of carbonyl (C=O) groups is 2. The molecule has 0 aromatic rings. The van der Waals surface area contributed by atoms with Crippen LogP contribution in [-0.2, 0) is 38.0 Å². The molecule has 1 amide bonds. The Hall–Kier alpha value is -1.54. The second-order valence-electron chi connectivity index (χ2n) is 11.5. The minimum atomic E-state index is -2.01. The Morgan fingerprint density at radius 2 is 1.26 bits per heavy atom. The molecular weight excluding hydrogens is 630 g/mol. The number of carbonyl (C=O) groups excluding carboxylic acids is 2. The minimum absolute atomic E-state index is 0.154. The summed E-state index contributed by atoms with van der Waals surface area (Å²) in [5.74, 6) is -0.788. The topological polar surface area (TPSA) is 324 Å². The number of hydrogen-bond acceptors (Lipinski definition) is 19. The molecule has 0 unspecified atom stereocenters. The Balaban J connectivity index is 2.01. The molecule has 46 heavy (non-hydrogen) atoms. The van der Waals surface area contributed by atoms with Gasteiger partial charge in [-0.15, -0.1) is 0 Å². The summed E-state index contributed by atoms with van der Waals surface area (Å²) < 4.78 is 33.7. The van der Waals surface area contributed by atoms with E-state index < -0.39 is 136 Å². The number of rotatable bonds is 13. The molecule has 0 saturated carbocycles. The van der Waals surface area contributed by atoms with Crippen LogP contribution < -0.4 is 5.32 Å². The van der Waals surface area contributed by atoms with E-state index in [1.165, 1.54) is 13.8 Å². The number of amides is 1. The molecule has 3 rings (SSSR count). The summed E-state index contributed by atoms with van der Waals surface area (Å²) in [5, 5.41) is 116. The number of ether oxygens (including phenoxy) is 6. The van der Waals surface area contributed by atoms with Crippen molar-refractivity contribution in [1.29, 1.82) is 0 Å². The van der Waals surface area contributed by atoms with Crippen molar-refractivity contribution < 1.29 is 94.2 Å². The summed E-state index contributed by atoms with van der Waals surface area (Å²) in [7, 11) is 0. The Morgan fingerprint density at radius 1 is 0.739 bits per heavy atom. The third-order valence-corrected chi connectivity index (χ3v) is 8.08. The molecule has 0 aromatic carbocycles. The van der Waals surface area contributed by atoms with Crippen LogP contribution in [0.3, 0.4) is 0 Å². The summed E-state index contributed by atoms with van der Waals surface area (Å²) >= 11 is 0. The van der Waals surface area contributed by atoms with Gasteiger partial charge in [0.2, 0.25) is 5.91 Å². The van der Waals surface area contributed by atoms with Crippen molar-refractivity contribution in [2.24, 2.45) is 0 Å². The van der Waals surface area contributed by atoms with Crippen molar-refractivity contribution in [3.05, 3.63) is 0 Å². The number of hydrogen-bond donors (Lipinski definition) is 12. The maximum absolute atomic E-state index is 12.2. The molecule has 0 bridgehead atoms. The van der Waals surface area contributed by atoms with Crippen LogP contribution in [0.1, 0.15) is 20.8 Å². The lowest BCUT2D eigenvalue weighted by atomic mass is 9.96. The van der Waals surface area contributed by atoms with E-state index in [0.29, 0.717) is 0 Å². The van der Waals surface area contributed by atoms with Gasteiger partial charge in [0, 0.05) is 6.92 Å².